The molecule has 0 aromatic heterocycles. The highest BCUT2D eigenvalue weighted by atomic mass is 79.9. The first-order chi connectivity index (χ1) is 12.0. The summed E-state index contributed by atoms with van der Waals surface area (Å²) in [5.74, 6) is 3.01. The lowest BCUT2D eigenvalue weighted by molar-refractivity contribution is -0.125. The van der Waals surface area contributed by atoms with E-state index in [-0.39, 0.29) is 12.5 Å². The van der Waals surface area contributed by atoms with Crippen LogP contribution in [0.3, 0.4) is 0 Å². The molecule has 4 fully saturated rings. The van der Waals surface area contributed by atoms with Gasteiger partial charge in [-0.2, -0.15) is 0 Å². The molecule has 5 rings (SSSR count). The van der Waals surface area contributed by atoms with Crippen LogP contribution in [0.2, 0.25) is 0 Å². The third-order valence-corrected chi connectivity index (χ3v) is 6.78. The molecule has 0 heterocycles. The van der Waals surface area contributed by atoms with Crippen molar-refractivity contribution in [1.29, 1.82) is 0 Å². The van der Waals surface area contributed by atoms with Crippen LogP contribution < -0.4 is 10.1 Å². The Labute approximate surface area is 156 Å². The molecule has 1 aromatic carbocycles. The van der Waals surface area contributed by atoms with Crippen LogP contribution in [0.4, 0.5) is 0 Å². The van der Waals surface area contributed by atoms with Crippen LogP contribution in [-0.4, -0.2) is 25.3 Å². The summed E-state index contributed by atoms with van der Waals surface area (Å²) in [7, 11) is 0. The molecule has 134 valence electrons. The fraction of sp³-hybridized carbons (Fsp3) is 0.600. The summed E-state index contributed by atoms with van der Waals surface area (Å²) in [5.41, 5.74) is 0.777. The lowest BCUT2D eigenvalue weighted by atomic mass is 9.49. The quantitative estimate of drug-likeness (QED) is 0.728. The second kappa shape index (κ2) is 6.75. The maximum Gasteiger partial charge on any atom is 0.257 e. The van der Waals surface area contributed by atoms with Gasteiger partial charge >= 0.3 is 0 Å². The smallest absolute Gasteiger partial charge is 0.257 e. The van der Waals surface area contributed by atoms with E-state index in [4.69, 9.17) is 4.74 Å². The molecule has 4 aliphatic carbocycles. The Morgan fingerprint density at radius 1 is 1.20 bits per heavy atom. The molecule has 25 heavy (non-hydrogen) atoms. The molecule has 1 amide bonds. The summed E-state index contributed by atoms with van der Waals surface area (Å²) in [6.07, 6.45) is 8.82. The second-order valence-corrected chi connectivity index (χ2v) is 9.20. The molecule has 0 spiro atoms. The van der Waals surface area contributed by atoms with Gasteiger partial charge in [0.2, 0.25) is 0 Å². The van der Waals surface area contributed by atoms with E-state index in [0.717, 1.165) is 35.1 Å². The average molecular weight is 406 g/mol. The van der Waals surface area contributed by atoms with Crippen molar-refractivity contribution in [1.82, 2.24) is 5.32 Å². The van der Waals surface area contributed by atoms with Crippen molar-refractivity contribution in [3.8, 4) is 5.75 Å². The highest BCUT2D eigenvalue weighted by molar-refractivity contribution is 9.10. The number of carbonyl (C=O) groups excluding carboxylic acids is 2. The van der Waals surface area contributed by atoms with E-state index in [2.05, 4.69) is 21.2 Å². The highest BCUT2D eigenvalue weighted by Gasteiger charge is 2.50. The maximum absolute atomic E-state index is 12.2. The topological polar surface area (TPSA) is 55.4 Å². The third kappa shape index (κ3) is 3.62. The number of hydrogen-bond acceptors (Lipinski definition) is 3. The standard InChI is InChI=1S/C20H24BrNO3/c21-17-1-2-18(16(6-17)10-23)25-11-19(24)22-12-20-7-13-3-14(8-20)5-15(4-13)9-20/h1-2,6,10,13-15H,3-5,7-9,11-12H2,(H,22,24). The van der Waals surface area contributed by atoms with Gasteiger partial charge < -0.3 is 10.1 Å². The summed E-state index contributed by atoms with van der Waals surface area (Å²) >= 11 is 3.32. The van der Waals surface area contributed by atoms with E-state index in [1.165, 1.54) is 38.5 Å². The third-order valence-electron chi connectivity index (χ3n) is 6.28. The van der Waals surface area contributed by atoms with Crippen molar-refractivity contribution >= 4 is 28.1 Å². The van der Waals surface area contributed by atoms with Crippen molar-refractivity contribution in [2.75, 3.05) is 13.2 Å². The molecule has 0 saturated heterocycles. The Balaban J connectivity index is 1.31. The Morgan fingerprint density at radius 2 is 1.84 bits per heavy atom. The van der Waals surface area contributed by atoms with E-state index < -0.39 is 0 Å². The number of carbonyl (C=O) groups is 2. The Kier molecular flexibility index (Phi) is 4.61. The number of amides is 1. The van der Waals surface area contributed by atoms with Crippen LogP contribution in [0.15, 0.2) is 22.7 Å². The molecule has 4 aliphatic rings. The van der Waals surface area contributed by atoms with E-state index in [9.17, 15) is 9.59 Å². The number of nitrogens with one attached hydrogen (secondary N) is 1. The molecule has 0 unspecified atom stereocenters. The monoisotopic (exact) mass is 405 g/mol. The zero-order valence-electron chi connectivity index (χ0n) is 14.3. The van der Waals surface area contributed by atoms with Gasteiger partial charge in [0.1, 0.15) is 5.75 Å². The number of hydrogen-bond donors (Lipinski definition) is 1. The molecule has 5 heteroatoms. The summed E-state index contributed by atoms with van der Waals surface area (Å²) in [4.78, 5) is 23.4. The van der Waals surface area contributed by atoms with Gasteiger partial charge in [0.25, 0.3) is 5.91 Å². The predicted molar refractivity (Wildman–Crippen MR) is 98.6 cm³/mol. The Bertz CT molecular complexity index is 652. The van der Waals surface area contributed by atoms with Crippen LogP contribution in [0.5, 0.6) is 5.75 Å². The van der Waals surface area contributed by atoms with Crippen molar-refractivity contribution in [2.24, 2.45) is 23.2 Å². The minimum atomic E-state index is -0.101. The van der Waals surface area contributed by atoms with Crippen molar-refractivity contribution in [3.05, 3.63) is 28.2 Å². The van der Waals surface area contributed by atoms with Gasteiger partial charge in [-0.3, -0.25) is 9.59 Å². The van der Waals surface area contributed by atoms with Gasteiger partial charge in [-0.1, -0.05) is 15.9 Å². The minimum Gasteiger partial charge on any atom is -0.483 e. The van der Waals surface area contributed by atoms with Crippen LogP contribution in [-0.2, 0) is 4.79 Å². The molecule has 4 nitrogen and oxygen atoms in total. The van der Waals surface area contributed by atoms with E-state index in [0.29, 0.717) is 16.7 Å². The van der Waals surface area contributed by atoms with Gasteiger partial charge in [-0.25, -0.2) is 0 Å². The summed E-state index contributed by atoms with van der Waals surface area (Å²) in [6, 6.07) is 5.20. The molecule has 0 aliphatic heterocycles. The molecule has 1 aromatic rings. The van der Waals surface area contributed by atoms with E-state index in [1.807, 2.05) is 0 Å². The predicted octanol–water partition coefficient (Wildman–Crippen LogP) is 3.97. The maximum atomic E-state index is 12.2. The van der Waals surface area contributed by atoms with Crippen LogP contribution in [0, 0.1) is 23.2 Å². The first kappa shape index (κ1) is 17.1. The molecular weight excluding hydrogens is 382 g/mol. The van der Waals surface area contributed by atoms with Gasteiger partial charge in [-0.15, -0.1) is 0 Å². The van der Waals surface area contributed by atoms with Crippen molar-refractivity contribution < 1.29 is 14.3 Å². The number of aldehydes is 1. The summed E-state index contributed by atoms with van der Waals surface area (Å²) in [6.45, 7) is 0.731. The SMILES string of the molecule is O=Cc1cc(Br)ccc1OCC(=O)NCC12CC3CC(CC(C3)C1)C2. The molecule has 0 atom stereocenters. The zero-order chi connectivity index (χ0) is 17.4. The van der Waals surface area contributed by atoms with Crippen molar-refractivity contribution in [2.45, 2.75) is 38.5 Å². The fourth-order valence-electron chi connectivity index (χ4n) is 5.73. The molecule has 1 N–H and O–H groups in total. The first-order valence-corrected chi connectivity index (χ1v) is 9.99. The van der Waals surface area contributed by atoms with E-state index >= 15 is 0 Å². The van der Waals surface area contributed by atoms with Crippen molar-refractivity contribution in [3.63, 3.8) is 0 Å². The van der Waals surface area contributed by atoms with Crippen LogP contribution in [0.25, 0.3) is 0 Å². The summed E-state index contributed by atoms with van der Waals surface area (Å²) < 4.78 is 6.37. The summed E-state index contributed by atoms with van der Waals surface area (Å²) in [5, 5.41) is 3.10. The molecule has 4 saturated carbocycles. The van der Waals surface area contributed by atoms with Crippen LogP contribution >= 0.6 is 15.9 Å². The Hall–Kier alpha value is -1.36. The number of benzene rings is 1. The fourth-order valence-corrected chi connectivity index (χ4v) is 6.11. The van der Waals surface area contributed by atoms with E-state index in [1.54, 1.807) is 18.2 Å². The lowest BCUT2D eigenvalue weighted by Gasteiger charge is -2.56. The largest absolute Gasteiger partial charge is 0.483 e. The second-order valence-electron chi connectivity index (χ2n) is 8.28. The molecule has 4 bridgehead atoms. The molecular formula is C20H24BrNO3. The average Bonchev–Trinajstić information content (AvgIpc) is 2.57. The minimum absolute atomic E-state index is 0.0468. The molecule has 0 radical (unpaired) electrons. The Morgan fingerprint density at radius 3 is 2.44 bits per heavy atom. The number of rotatable bonds is 6. The first-order valence-electron chi connectivity index (χ1n) is 9.19. The normalized spacial score (nSPS) is 32.4. The zero-order valence-corrected chi connectivity index (χ0v) is 15.9. The van der Waals surface area contributed by atoms with Gasteiger partial charge in [0, 0.05) is 11.0 Å². The van der Waals surface area contributed by atoms with Gasteiger partial charge in [0.15, 0.2) is 12.9 Å². The van der Waals surface area contributed by atoms with Gasteiger partial charge in [0.05, 0.1) is 5.56 Å². The highest BCUT2D eigenvalue weighted by Crippen LogP contribution is 2.59. The number of halogens is 1. The van der Waals surface area contributed by atoms with Gasteiger partial charge in [-0.05, 0) is 79.9 Å². The lowest BCUT2D eigenvalue weighted by Crippen LogP contribution is -2.51. The van der Waals surface area contributed by atoms with Crippen LogP contribution in [0.1, 0.15) is 48.9 Å². The number of ether oxygens (including phenoxy) is 1.